The van der Waals surface area contributed by atoms with E-state index in [1.807, 2.05) is 29.2 Å². The zero-order valence-electron chi connectivity index (χ0n) is 11.0. The van der Waals surface area contributed by atoms with Gasteiger partial charge in [0.15, 0.2) is 0 Å². The Balaban J connectivity index is 2.01. The molecule has 0 radical (unpaired) electrons. The second kappa shape index (κ2) is 4.97. The van der Waals surface area contributed by atoms with Gasteiger partial charge in [-0.05, 0) is 24.4 Å². The van der Waals surface area contributed by atoms with E-state index in [2.05, 4.69) is 17.2 Å². The molecule has 2 aromatic rings. The van der Waals surface area contributed by atoms with Crippen molar-refractivity contribution in [3.05, 3.63) is 42.2 Å². The number of carbonyl (C=O) groups excluding carboxylic acids is 1. The van der Waals surface area contributed by atoms with E-state index in [-0.39, 0.29) is 11.9 Å². The lowest BCUT2D eigenvalue weighted by Gasteiger charge is -2.34. The normalized spacial score (nSPS) is 19.6. The van der Waals surface area contributed by atoms with Crippen LogP contribution in [0.15, 0.2) is 36.7 Å². The molecule has 19 heavy (non-hydrogen) atoms. The lowest BCUT2D eigenvalue weighted by atomic mass is 10.0. The minimum atomic E-state index is 0.116. The highest BCUT2D eigenvalue weighted by Gasteiger charge is 2.24. The molecule has 1 aliphatic rings. The van der Waals surface area contributed by atoms with Gasteiger partial charge in [0.05, 0.1) is 0 Å². The van der Waals surface area contributed by atoms with Gasteiger partial charge in [-0.25, -0.2) is 0 Å². The molecule has 3 rings (SSSR count). The van der Waals surface area contributed by atoms with Crippen molar-refractivity contribution in [3.8, 4) is 0 Å². The van der Waals surface area contributed by atoms with Crippen LogP contribution < -0.4 is 5.32 Å². The molecule has 98 valence electrons. The molecule has 1 N–H and O–H groups in total. The Morgan fingerprint density at radius 2 is 2.32 bits per heavy atom. The highest BCUT2D eigenvalue weighted by Crippen LogP contribution is 2.20. The minimum Gasteiger partial charge on any atom is -0.333 e. The third kappa shape index (κ3) is 2.19. The Hall–Kier alpha value is -1.94. The van der Waals surface area contributed by atoms with E-state index in [1.165, 1.54) is 0 Å². The molecule has 1 aliphatic heterocycles. The SMILES string of the molecule is C[C@@H]1CNCCN1C(=O)c1cccc2cnccc12. The summed E-state index contributed by atoms with van der Waals surface area (Å²) in [7, 11) is 0. The van der Waals surface area contributed by atoms with Crippen LogP contribution in [0.5, 0.6) is 0 Å². The molecular formula is C15H17N3O. The van der Waals surface area contributed by atoms with Crippen LogP contribution in [-0.2, 0) is 0 Å². The van der Waals surface area contributed by atoms with Crippen molar-refractivity contribution in [1.29, 1.82) is 0 Å². The first-order valence-corrected chi connectivity index (χ1v) is 6.62. The van der Waals surface area contributed by atoms with E-state index >= 15 is 0 Å². The summed E-state index contributed by atoms with van der Waals surface area (Å²) >= 11 is 0. The number of nitrogens with zero attached hydrogens (tertiary/aromatic N) is 2. The van der Waals surface area contributed by atoms with Crippen LogP contribution >= 0.6 is 0 Å². The molecule has 0 bridgehead atoms. The summed E-state index contributed by atoms with van der Waals surface area (Å²) < 4.78 is 0. The Morgan fingerprint density at radius 1 is 1.42 bits per heavy atom. The van der Waals surface area contributed by atoms with Crippen LogP contribution in [0.3, 0.4) is 0 Å². The molecule has 0 saturated carbocycles. The van der Waals surface area contributed by atoms with E-state index in [0.717, 1.165) is 36.0 Å². The van der Waals surface area contributed by atoms with Crippen molar-refractivity contribution in [1.82, 2.24) is 15.2 Å². The molecule has 0 aliphatic carbocycles. The molecule has 1 amide bonds. The quantitative estimate of drug-likeness (QED) is 0.843. The minimum absolute atomic E-state index is 0.116. The number of amides is 1. The maximum absolute atomic E-state index is 12.7. The monoisotopic (exact) mass is 255 g/mol. The summed E-state index contributed by atoms with van der Waals surface area (Å²) in [4.78, 5) is 18.8. The molecule has 1 saturated heterocycles. The summed E-state index contributed by atoms with van der Waals surface area (Å²) in [6, 6.07) is 7.96. The van der Waals surface area contributed by atoms with E-state index < -0.39 is 0 Å². The summed E-state index contributed by atoms with van der Waals surface area (Å²) in [5.74, 6) is 0.116. The number of rotatable bonds is 1. The van der Waals surface area contributed by atoms with Gasteiger partial charge in [-0.1, -0.05) is 12.1 Å². The van der Waals surface area contributed by atoms with Crippen molar-refractivity contribution in [2.75, 3.05) is 19.6 Å². The van der Waals surface area contributed by atoms with Crippen molar-refractivity contribution in [2.24, 2.45) is 0 Å². The Bertz CT molecular complexity index is 606. The molecule has 4 nitrogen and oxygen atoms in total. The van der Waals surface area contributed by atoms with E-state index in [9.17, 15) is 4.79 Å². The third-order valence-electron chi connectivity index (χ3n) is 3.67. The van der Waals surface area contributed by atoms with Gasteiger partial charge < -0.3 is 10.2 Å². The summed E-state index contributed by atoms with van der Waals surface area (Å²) in [5.41, 5.74) is 0.772. The predicted octanol–water partition coefficient (Wildman–Crippen LogP) is 1.67. The number of fused-ring (bicyclic) bond motifs is 1. The lowest BCUT2D eigenvalue weighted by molar-refractivity contribution is 0.0658. The number of carbonyl (C=O) groups is 1. The summed E-state index contributed by atoms with van der Waals surface area (Å²) in [6.45, 7) is 4.57. The summed E-state index contributed by atoms with van der Waals surface area (Å²) in [6.07, 6.45) is 3.54. The number of pyridine rings is 1. The fourth-order valence-corrected chi connectivity index (χ4v) is 2.61. The molecule has 1 aromatic heterocycles. The van der Waals surface area contributed by atoms with Crippen LogP contribution in [-0.4, -0.2) is 41.5 Å². The molecular weight excluding hydrogens is 238 g/mol. The number of nitrogens with one attached hydrogen (secondary N) is 1. The van der Waals surface area contributed by atoms with Gasteiger partial charge in [0.1, 0.15) is 0 Å². The smallest absolute Gasteiger partial charge is 0.254 e. The van der Waals surface area contributed by atoms with Crippen molar-refractivity contribution >= 4 is 16.7 Å². The Morgan fingerprint density at radius 3 is 3.16 bits per heavy atom. The van der Waals surface area contributed by atoms with Crippen molar-refractivity contribution < 1.29 is 4.79 Å². The topological polar surface area (TPSA) is 45.2 Å². The van der Waals surface area contributed by atoms with Gasteiger partial charge >= 0.3 is 0 Å². The van der Waals surface area contributed by atoms with Crippen LogP contribution in [0.25, 0.3) is 10.8 Å². The maximum atomic E-state index is 12.7. The number of aromatic nitrogens is 1. The van der Waals surface area contributed by atoms with E-state index in [4.69, 9.17) is 0 Å². The van der Waals surface area contributed by atoms with Crippen LogP contribution in [0, 0.1) is 0 Å². The van der Waals surface area contributed by atoms with Crippen molar-refractivity contribution in [3.63, 3.8) is 0 Å². The zero-order valence-corrected chi connectivity index (χ0v) is 11.0. The number of hydrogen-bond acceptors (Lipinski definition) is 3. The average Bonchev–Trinajstić information content (AvgIpc) is 2.46. The third-order valence-corrected chi connectivity index (χ3v) is 3.67. The standard InChI is InChI=1S/C15H17N3O/c1-11-9-17-7-8-18(11)15(19)14-4-2-3-12-10-16-6-5-13(12)14/h2-6,10-11,17H,7-9H2,1H3/t11-/m1/s1. The van der Waals surface area contributed by atoms with Gasteiger partial charge in [0, 0.05) is 49.0 Å². The fraction of sp³-hybridized carbons (Fsp3) is 0.333. The fourth-order valence-electron chi connectivity index (χ4n) is 2.61. The molecule has 4 heteroatoms. The molecule has 0 spiro atoms. The second-order valence-corrected chi connectivity index (χ2v) is 4.95. The first-order valence-electron chi connectivity index (χ1n) is 6.62. The average molecular weight is 255 g/mol. The highest BCUT2D eigenvalue weighted by atomic mass is 16.2. The zero-order chi connectivity index (χ0) is 13.2. The van der Waals surface area contributed by atoms with Gasteiger partial charge in [0.25, 0.3) is 5.91 Å². The highest BCUT2D eigenvalue weighted by molar-refractivity contribution is 6.06. The summed E-state index contributed by atoms with van der Waals surface area (Å²) in [5, 5.41) is 5.29. The number of hydrogen-bond donors (Lipinski definition) is 1. The second-order valence-electron chi connectivity index (χ2n) is 4.95. The lowest BCUT2D eigenvalue weighted by Crippen LogP contribution is -2.52. The van der Waals surface area contributed by atoms with Crippen LogP contribution in [0.2, 0.25) is 0 Å². The largest absolute Gasteiger partial charge is 0.333 e. The van der Waals surface area contributed by atoms with Crippen molar-refractivity contribution in [2.45, 2.75) is 13.0 Å². The Kier molecular flexibility index (Phi) is 3.17. The van der Waals surface area contributed by atoms with Gasteiger partial charge in [-0.3, -0.25) is 9.78 Å². The van der Waals surface area contributed by atoms with Gasteiger partial charge in [-0.15, -0.1) is 0 Å². The van der Waals surface area contributed by atoms with Crippen LogP contribution in [0.1, 0.15) is 17.3 Å². The Labute approximate surface area is 112 Å². The van der Waals surface area contributed by atoms with Gasteiger partial charge in [0.2, 0.25) is 0 Å². The molecule has 1 aromatic carbocycles. The van der Waals surface area contributed by atoms with Crippen LogP contribution in [0.4, 0.5) is 0 Å². The first-order chi connectivity index (χ1) is 9.27. The molecule has 1 atom stereocenters. The number of benzene rings is 1. The molecule has 2 heterocycles. The van der Waals surface area contributed by atoms with Gasteiger partial charge in [-0.2, -0.15) is 0 Å². The van der Waals surface area contributed by atoms with E-state index in [1.54, 1.807) is 12.4 Å². The van der Waals surface area contributed by atoms with E-state index in [0.29, 0.717) is 0 Å². The molecule has 0 unspecified atom stereocenters. The predicted molar refractivity (Wildman–Crippen MR) is 75.1 cm³/mol. The first kappa shape index (κ1) is 12.1. The molecule has 1 fully saturated rings. The maximum Gasteiger partial charge on any atom is 0.254 e. The number of piperazine rings is 1.